The highest BCUT2D eigenvalue weighted by atomic mass is 16.5. The van der Waals surface area contributed by atoms with Gasteiger partial charge in [-0.05, 0) is 37.1 Å². The fourth-order valence-electron chi connectivity index (χ4n) is 4.61. The second kappa shape index (κ2) is 8.83. The second-order valence-corrected chi connectivity index (χ2v) is 8.35. The Morgan fingerprint density at radius 1 is 1.00 bits per heavy atom. The van der Waals surface area contributed by atoms with Gasteiger partial charge in [-0.3, -0.25) is 9.80 Å². The predicted molar refractivity (Wildman–Crippen MR) is 120 cm³/mol. The summed E-state index contributed by atoms with van der Waals surface area (Å²) in [5.74, 6) is 0.852. The van der Waals surface area contributed by atoms with Crippen molar-refractivity contribution in [2.24, 2.45) is 0 Å². The quantitative estimate of drug-likeness (QED) is 0.588. The zero-order valence-corrected chi connectivity index (χ0v) is 17.9. The maximum absolute atomic E-state index is 12.3. The minimum atomic E-state index is -0.338. The number of morpholine rings is 1. The number of hydrogen-bond donors (Lipinski definition) is 0. The summed E-state index contributed by atoms with van der Waals surface area (Å²) in [5.41, 5.74) is 4.24. The molecule has 6 heteroatoms. The standard InChI is InChI=1S/C25H28N2O4/c1-18-24-20(16-27(17-30-24)9-5-8-26-10-12-29-13-11-26)14-22-21(15-23(28)31-25(18)22)19-6-3-2-4-7-19/h2-4,6-7,14-15H,5,8-13,16-17H2,1H3. The molecular weight excluding hydrogens is 392 g/mol. The van der Waals surface area contributed by atoms with Crippen molar-refractivity contribution in [3.63, 3.8) is 0 Å². The van der Waals surface area contributed by atoms with Crippen molar-refractivity contribution < 1.29 is 13.9 Å². The molecule has 0 bridgehead atoms. The summed E-state index contributed by atoms with van der Waals surface area (Å²) in [7, 11) is 0. The lowest BCUT2D eigenvalue weighted by atomic mass is 9.97. The minimum absolute atomic E-state index is 0.338. The highest BCUT2D eigenvalue weighted by Gasteiger charge is 2.23. The molecule has 2 aliphatic heterocycles. The fraction of sp³-hybridized carbons (Fsp3) is 0.400. The van der Waals surface area contributed by atoms with Crippen molar-refractivity contribution in [2.75, 3.05) is 46.1 Å². The van der Waals surface area contributed by atoms with Crippen molar-refractivity contribution >= 4 is 11.0 Å². The molecule has 5 rings (SSSR count). The molecule has 0 spiro atoms. The van der Waals surface area contributed by atoms with Gasteiger partial charge in [-0.1, -0.05) is 30.3 Å². The number of hydrogen-bond acceptors (Lipinski definition) is 6. The van der Waals surface area contributed by atoms with Crippen LogP contribution >= 0.6 is 0 Å². The molecule has 0 saturated carbocycles. The van der Waals surface area contributed by atoms with Crippen LogP contribution in [0.3, 0.4) is 0 Å². The highest BCUT2D eigenvalue weighted by Crippen LogP contribution is 2.38. The van der Waals surface area contributed by atoms with Gasteiger partial charge < -0.3 is 13.9 Å². The van der Waals surface area contributed by atoms with Gasteiger partial charge in [0, 0.05) is 48.8 Å². The van der Waals surface area contributed by atoms with Gasteiger partial charge in [0.05, 0.1) is 13.2 Å². The van der Waals surface area contributed by atoms with Gasteiger partial charge >= 0.3 is 5.63 Å². The van der Waals surface area contributed by atoms with E-state index in [-0.39, 0.29) is 5.63 Å². The average molecular weight is 421 g/mol. The predicted octanol–water partition coefficient (Wildman–Crippen LogP) is 3.64. The first-order chi connectivity index (χ1) is 15.2. The van der Waals surface area contributed by atoms with Gasteiger partial charge in [0.15, 0.2) is 0 Å². The third kappa shape index (κ3) is 4.24. The summed E-state index contributed by atoms with van der Waals surface area (Å²) >= 11 is 0. The Morgan fingerprint density at radius 2 is 1.77 bits per heavy atom. The van der Waals surface area contributed by atoms with Crippen LogP contribution in [-0.4, -0.2) is 55.9 Å². The summed E-state index contributed by atoms with van der Waals surface area (Å²) in [6.07, 6.45) is 1.11. The molecular formula is C25H28N2O4. The lowest BCUT2D eigenvalue weighted by Gasteiger charge is -2.32. The fourth-order valence-corrected chi connectivity index (χ4v) is 4.61. The Morgan fingerprint density at radius 3 is 2.58 bits per heavy atom. The van der Waals surface area contributed by atoms with Crippen LogP contribution in [0.4, 0.5) is 0 Å². The molecule has 0 unspecified atom stereocenters. The number of ether oxygens (including phenoxy) is 2. The first-order valence-corrected chi connectivity index (χ1v) is 11.0. The van der Waals surface area contributed by atoms with Crippen LogP contribution in [0.25, 0.3) is 22.1 Å². The molecule has 31 heavy (non-hydrogen) atoms. The Kier molecular flexibility index (Phi) is 5.76. The molecule has 0 amide bonds. The van der Waals surface area contributed by atoms with Gasteiger partial charge in [-0.25, -0.2) is 4.79 Å². The number of rotatable bonds is 5. The average Bonchev–Trinajstić information content (AvgIpc) is 2.80. The molecule has 6 nitrogen and oxygen atoms in total. The van der Waals surface area contributed by atoms with E-state index in [1.54, 1.807) is 6.07 Å². The molecule has 3 heterocycles. The Hall–Kier alpha value is -2.67. The zero-order chi connectivity index (χ0) is 21.2. The molecule has 162 valence electrons. The lowest BCUT2D eigenvalue weighted by Crippen LogP contribution is -2.39. The summed E-state index contributed by atoms with van der Waals surface area (Å²) in [4.78, 5) is 17.1. The van der Waals surface area contributed by atoms with Crippen LogP contribution in [0.5, 0.6) is 5.75 Å². The Labute approximate surface area is 182 Å². The highest BCUT2D eigenvalue weighted by molar-refractivity contribution is 5.96. The maximum atomic E-state index is 12.3. The molecule has 0 N–H and O–H groups in total. The van der Waals surface area contributed by atoms with Crippen molar-refractivity contribution in [1.29, 1.82) is 0 Å². The molecule has 0 radical (unpaired) electrons. The normalized spacial score (nSPS) is 17.5. The Bertz CT molecular complexity index is 1120. The molecule has 2 aromatic carbocycles. The Balaban J connectivity index is 1.40. The van der Waals surface area contributed by atoms with Crippen molar-refractivity contribution in [1.82, 2.24) is 9.80 Å². The van der Waals surface area contributed by atoms with E-state index in [1.165, 1.54) is 0 Å². The summed E-state index contributed by atoms with van der Waals surface area (Å²) in [6.45, 7) is 9.19. The summed E-state index contributed by atoms with van der Waals surface area (Å²) in [5, 5.41) is 0.959. The smallest absolute Gasteiger partial charge is 0.336 e. The third-order valence-electron chi connectivity index (χ3n) is 6.21. The molecule has 3 aromatic rings. The van der Waals surface area contributed by atoms with Crippen LogP contribution in [-0.2, 0) is 11.3 Å². The molecule has 1 aromatic heterocycles. The van der Waals surface area contributed by atoms with Crippen LogP contribution < -0.4 is 10.4 Å². The molecule has 1 saturated heterocycles. The van der Waals surface area contributed by atoms with Crippen molar-refractivity contribution in [3.8, 4) is 16.9 Å². The largest absolute Gasteiger partial charge is 0.477 e. The van der Waals surface area contributed by atoms with Crippen molar-refractivity contribution in [2.45, 2.75) is 19.9 Å². The molecule has 0 aliphatic carbocycles. The van der Waals surface area contributed by atoms with Gasteiger partial charge in [0.2, 0.25) is 0 Å². The number of benzene rings is 2. The topological polar surface area (TPSA) is 55.2 Å². The van der Waals surface area contributed by atoms with E-state index < -0.39 is 0 Å². The van der Waals surface area contributed by atoms with Gasteiger partial charge in [0.1, 0.15) is 18.1 Å². The number of fused-ring (bicyclic) bond motifs is 2. The third-order valence-corrected chi connectivity index (χ3v) is 6.21. The summed E-state index contributed by atoms with van der Waals surface area (Å²) < 4.78 is 17.2. The molecule has 1 fully saturated rings. The maximum Gasteiger partial charge on any atom is 0.336 e. The van der Waals surface area contributed by atoms with E-state index in [0.717, 1.165) is 85.7 Å². The van der Waals surface area contributed by atoms with Crippen LogP contribution in [0, 0.1) is 6.92 Å². The van der Waals surface area contributed by atoms with E-state index in [1.807, 2.05) is 37.3 Å². The van der Waals surface area contributed by atoms with E-state index in [4.69, 9.17) is 13.9 Å². The first-order valence-electron chi connectivity index (χ1n) is 11.0. The van der Waals surface area contributed by atoms with Gasteiger partial charge in [-0.15, -0.1) is 0 Å². The van der Waals surface area contributed by atoms with E-state index in [9.17, 15) is 4.79 Å². The minimum Gasteiger partial charge on any atom is -0.477 e. The zero-order valence-electron chi connectivity index (χ0n) is 17.9. The van der Waals surface area contributed by atoms with Crippen LogP contribution in [0.15, 0.2) is 51.7 Å². The van der Waals surface area contributed by atoms with E-state index in [0.29, 0.717) is 12.3 Å². The van der Waals surface area contributed by atoms with Crippen molar-refractivity contribution in [3.05, 3.63) is 64.0 Å². The van der Waals surface area contributed by atoms with Gasteiger partial charge in [-0.2, -0.15) is 0 Å². The van der Waals surface area contributed by atoms with Crippen LogP contribution in [0.2, 0.25) is 0 Å². The molecule has 0 atom stereocenters. The monoisotopic (exact) mass is 420 g/mol. The van der Waals surface area contributed by atoms with E-state index >= 15 is 0 Å². The number of aryl methyl sites for hydroxylation is 1. The SMILES string of the molecule is Cc1c2c(cc3c(-c4ccccc4)cc(=O)oc13)CN(CCCN1CCOCC1)CO2. The molecule has 2 aliphatic rings. The first kappa shape index (κ1) is 20.2. The van der Waals surface area contributed by atoms with Crippen LogP contribution in [0.1, 0.15) is 17.5 Å². The van der Waals surface area contributed by atoms with E-state index in [2.05, 4.69) is 15.9 Å². The van der Waals surface area contributed by atoms with Gasteiger partial charge in [0.25, 0.3) is 0 Å². The number of nitrogens with zero attached hydrogens (tertiary/aromatic N) is 2. The second-order valence-electron chi connectivity index (χ2n) is 8.35. The summed E-state index contributed by atoms with van der Waals surface area (Å²) in [6, 6.07) is 13.7. The lowest BCUT2D eigenvalue weighted by molar-refractivity contribution is 0.0330.